The maximum absolute atomic E-state index is 15.6. The number of benzene rings is 4. The van der Waals surface area contributed by atoms with E-state index in [2.05, 4.69) is 10.2 Å². The van der Waals surface area contributed by atoms with E-state index in [-0.39, 0.29) is 12.4 Å². The molecule has 51 heavy (non-hydrogen) atoms. The van der Waals surface area contributed by atoms with Gasteiger partial charge in [0.15, 0.2) is 69.8 Å². The quantitative estimate of drug-likeness (QED) is 0.0625. The number of nitrogens with zero attached hydrogens (tertiary/aromatic N) is 1. The Morgan fingerprint density at radius 3 is 0.980 bits per heavy atom. The highest BCUT2D eigenvalue weighted by Crippen LogP contribution is 2.44. The van der Waals surface area contributed by atoms with Crippen LogP contribution in [0.4, 0.5) is 52.7 Å². The molecule has 0 unspecified atom stereocenters. The molecule has 0 radical (unpaired) electrons. The number of hydrogen-bond donors (Lipinski definition) is 5. The average Bonchev–Trinajstić information content (AvgIpc) is 3.64. The maximum Gasteiger partial charge on any atom is 0.170 e. The SMILES string of the molecule is N=CC(=CN)c1c(F)c(F)c(-c2cc(-c3c(F)c(F)c(C(C=N)=CN)c(F)c3F)cc(-c3c(F)c(F)c(-c4cn[nH]c4)c(F)c3F)c2)c(F)c1F. The Kier molecular flexibility index (Phi) is 9.54. The Morgan fingerprint density at radius 2 is 0.745 bits per heavy atom. The molecule has 18 heteroatoms. The zero-order valence-corrected chi connectivity index (χ0v) is 24.8. The standard InChI is InChI=1S/C33H16F12N6/c34-22-16(23(35)29(41)19(28(22)40)13(4-46)5-47)10-1-11(17-24(36)30(42)20(14(6-48)7-49)31(43)25(17)37)3-12(2-10)18-26(38)32(44)21(33(45)27(18)39)15-8-50-51-9-15/h1-9,46,48H,47,49H2,(H,50,51). The lowest BCUT2D eigenvalue weighted by Gasteiger charge is -2.18. The Bertz CT molecular complexity index is 2150. The summed E-state index contributed by atoms with van der Waals surface area (Å²) in [5, 5.41) is 20.0. The van der Waals surface area contributed by atoms with Crippen LogP contribution in [0.2, 0.25) is 0 Å². The van der Waals surface area contributed by atoms with Gasteiger partial charge in [0.25, 0.3) is 0 Å². The lowest BCUT2D eigenvalue weighted by Crippen LogP contribution is -2.09. The third-order valence-corrected chi connectivity index (χ3v) is 7.62. The Morgan fingerprint density at radius 1 is 0.471 bits per heavy atom. The van der Waals surface area contributed by atoms with Gasteiger partial charge in [-0.15, -0.1) is 0 Å². The van der Waals surface area contributed by atoms with Gasteiger partial charge in [0, 0.05) is 47.7 Å². The van der Waals surface area contributed by atoms with Gasteiger partial charge in [-0.25, -0.2) is 52.7 Å². The lowest BCUT2D eigenvalue weighted by molar-refractivity contribution is 0.454. The van der Waals surface area contributed by atoms with E-state index in [4.69, 9.17) is 22.3 Å². The van der Waals surface area contributed by atoms with Crippen molar-refractivity contribution in [2.45, 2.75) is 0 Å². The van der Waals surface area contributed by atoms with E-state index in [1.165, 1.54) is 0 Å². The molecule has 0 aliphatic rings. The van der Waals surface area contributed by atoms with Crippen molar-refractivity contribution in [2.75, 3.05) is 0 Å². The number of aromatic nitrogens is 2. The van der Waals surface area contributed by atoms with Crippen molar-refractivity contribution < 1.29 is 52.7 Å². The summed E-state index contributed by atoms with van der Waals surface area (Å²) in [7, 11) is 0. The van der Waals surface area contributed by atoms with Crippen molar-refractivity contribution in [3.63, 3.8) is 0 Å². The van der Waals surface area contributed by atoms with Gasteiger partial charge in [0.1, 0.15) is 0 Å². The molecule has 1 aromatic heterocycles. The van der Waals surface area contributed by atoms with Crippen molar-refractivity contribution in [1.29, 1.82) is 10.8 Å². The van der Waals surface area contributed by atoms with Crippen LogP contribution in [0.15, 0.2) is 43.0 Å². The molecule has 4 aromatic carbocycles. The largest absolute Gasteiger partial charge is 0.404 e. The third-order valence-electron chi connectivity index (χ3n) is 7.62. The molecule has 0 saturated heterocycles. The molecule has 262 valence electrons. The van der Waals surface area contributed by atoms with Crippen LogP contribution in [-0.2, 0) is 0 Å². The molecule has 0 saturated carbocycles. The molecular formula is C33H16F12N6. The minimum absolute atomic E-state index is 0.225. The summed E-state index contributed by atoms with van der Waals surface area (Å²) in [5.41, 5.74) is -5.05. The van der Waals surface area contributed by atoms with Crippen molar-refractivity contribution in [3.8, 4) is 44.5 Å². The van der Waals surface area contributed by atoms with Crippen molar-refractivity contribution in [2.24, 2.45) is 11.5 Å². The number of aromatic amines is 1. The fourth-order valence-electron chi connectivity index (χ4n) is 5.27. The summed E-state index contributed by atoms with van der Waals surface area (Å²) >= 11 is 0. The summed E-state index contributed by atoms with van der Waals surface area (Å²) < 4.78 is 185. The van der Waals surface area contributed by atoms with E-state index < -0.39 is 137 Å². The number of hydrogen-bond acceptors (Lipinski definition) is 5. The zero-order chi connectivity index (χ0) is 37.6. The number of nitrogens with two attached hydrogens (primary N) is 2. The smallest absolute Gasteiger partial charge is 0.170 e. The van der Waals surface area contributed by atoms with Crippen LogP contribution in [0, 0.1) is 80.6 Å². The second-order valence-electron chi connectivity index (χ2n) is 10.3. The van der Waals surface area contributed by atoms with Crippen molar-refractivity contribution >= 4 is 23.6 Å². The predicted molar refractivity (Wildman–Crippen MR) is 162 cm³/mol. The van der Waals surface area contributed by atoms with Gasteiger partial charge in [0.05, 0.1) is 39.6 Å². The summed E-state index contributed by atoms with van der Waals surface area (Å²) in [4.78, 5) is 0. The van der Waals surface area contributed by atoms with Gasteiger partial charge in [-0.2, -0.15) is 5.10 Å². The van der Waals surface area contributed by atoms with Gasteiger partial charge in [0.2, 0.25) is 0 Å². The maximum atomic E-state index is 15.6. The molecule has 7 N–H and O–H groups in total. The molecule has 0 atom stereocenters. The molecule has 0 amide bonds. The van der Waals surface area contributed by atoms with E-state index in [9.17, 15) is 0 Å². The van der Waals surface area contributed by atoms with E-state index in [0.717, 1.165) is 12.4 Å². The summed E-state index contributed by atoms with van der Waals surface area (Å²) in [5.74, 6) is -26.4. The monoisotopic (exact) mass is 724 g/mol. The van der Waals surface area contributed by atoms with Crippen LogP contribution >= 0.6 is 0 Å². The molecule has 0 spiro atoms. The number of allylic oxidation sites excluding steroid dienone is 2. The molecule has 5 aromatic rings. The van der Waals surface area contributed by atoms with Crippen LogP contribution < -0.4 is 11.5 Å². The van der Waals surface area contributed by atoms with E-state index >= 15 is 52.7 Å². The van der Waals surface area contributed by atoms with E-state index in [1.807, 2.05) is 0 Å². The summed E-state index contributed by atoms with van der Waals surface area (Å²) in [6.07, 6.45) is 2.91. The zero-order valence-electron chi connectivity index (χ0n) is 24.8. The van der Waals surface area contributed by atoms with Gasteiger partial charge in [-0.1, -0.05) is 0 Å². The van der Waals surface area contributed by atoms with Gasteiger partial charge in [-0.3, -0.25) is 5.10 Å². The highest BCUT2D eigenvalue weighted by atomic mass is 19.2. The molecule has 0 aliphatic carbocycles. The normalized spacial score (nSPS) is 12.1. The van der Waals surface area contributed by atoms with Crippen LogP contribution in [0.5, 0.6) is 0 Å². The molecular weight excluding hydrogens is 708 g/mol. The van der Waals surface area contributed by atoms with Gasteiger partial charge < -0.3 is 22.3 Å². The first-order chi connectivity index (χ1) is 24.2. The molecule has 0 fully saturated rings. The minimum Gasteiger partial charge on any atom is -0.404 e. The van der Waals surface area contributed by atoms with Crippen LogP contribution in [0.25, 0.3) is 55.7 Å². The summed E-state index contributed by atoms with van der Waals surface area (Å²) in [6, 6.07) is 0.899. The Hall–Kier alpha value is -6.33. The Balaban J connectivity index is 1.95. The topological polar surface area (TPSA) is 128 Å². The second-order valence-corrected chi connectivity index (χ2v) is 10.3. The fourth-order valence-corrected chi connectivity index (χ4v) is 5.27. The minimum atomic E-state index is -2.28. The molecule has 5 rings (SSSR count). The number of rotatable bonds is 8. The molecule has 1 heterocycles. The van der Waals surface area contributed by atoms with Crippen LogP contribution in [0.3, 0.4) is 0 Å². The third kappa shape index (κ3) is 5.57. The predicted octanol–water partition coefficient (Wildman–Crippen LogP) is 8.65. The first kappa shape index (κ1) is 36.0. The van der Waals surface area contributed by atoms with Crippen molar-refractivity contribution in [3.05, 3.63) is 124 Å². The molecule has 0 bridgehead atoms. The highest BCUT2D eigenvalue weighted by Gasteiger charge is 2.33. The second kappa shape index (κ2) is 13.5. The van der Waals surface area contributed by atoms with Crippen LogP contribution in [-0.4, -0.2) is 22.6 Å². The fraction of sp³-hybridized carbons (Fsp3) is 0. The van der Waals surface area contributed by atoms with E-state index in [0.29, 0.717) is 30.6 Å². The number of H-pyrrole nitrogens is 1. The van der Waals surface area contributed by atoms with Gasteiger partial charge >= 0.3 is 0 Å². The van der Waals surface area contributed by atoms with E-state index in [1.54, 1.807) is 0 Å². The number of halogens is 12. The van der Waals surface area contributed by atoms with Gasteiger partial charge in [-0.05, 0) is 34.9 Å². The van der Waals surface area contributed by atoms with Crippen LogP contribution in [0.1, 0.15) is 11.1 Å². The first-order valence-electron chi connectivity index (χ1n) is 13.7. The number of nitrogens with one attached hydrogen (secondary N) is 3. The first-order valence-corrected chi connectivity index (χ1v) is 13.7. The average molecular weight is 725 g/mol. The molecule has 6 nitrogen and oxygen atoms in total. The Labute approximate surface area is 277 Å². The molecule has 0 aliphatic heterocycles. The lowest BCUT2D eigenvalue weighted by atomic mass is 9.89. The van der Waals surface area contributed by atoms with Crippen molar-refractivity contribution in [1.82, 2.24) is 10.2 Å². The summed E-state index contributed by atoms with van der Waals surface area (Å²) in [6.45, 7) is 0. The highest BCUT2D eigenvalue weighted by molar-refractivity contribution is 6.09.